The van der Waals surface area contributed by atoms with E-state index in [4.69, 9.17) is 9.90 Å². The highest BCUT2D eigenvalue weighted by Gasteiger charge is 1.92. The van der Waals surface area contributed by atoms with E-state index in [0.717, 1.165) is 6.08 Å². The van der Waals surface area contributed by atoms with E-state index in [2.05, 4.69) is 13.2 Å². The lowest BCUT2D eigenvalue weighted by Crippen LogP contribution is -2.29. The van der Waals surface area contributed by atoms with Crippen LogP contribution >= 0.6 is 0 Å². The van der Waals surface area contributed by atoms with Crippen LogP contribution in [0.1, 0.15) is 6.42 Å². The Morgan fingerprint density at radius 1 is 0.773 bits per heavy atom. The average Bonchev–Trinajstić information content (AvgIpc) is 2.36. The number of carbonyl (C=O) groups excluding carboxylic acids is 5. The van der Waals surface area contributed by atoms with E-state index >= 15 is 0 Å². The standard InChI is InChI=1S/C5H6O4.C4H4O4.C3H4O2/c1-3(5(8)9)2-4(6)7;5-3(6)1-2-4(7)8;1-2-3(4)5/h1-2H2,(H,6,7)(H,8,9);1-2H,(H,5,6)(H,7,8);2H,1H2,(H,4,5)/p-5/b;2-1+;. The van der Waals surface area contributed by atoms with E-state index < -0.39 is 41.8 Å². The van der Waals surface area contributed by atoms with Crippen molar-refractivity contribution in [1.29, 1.82) is 0 Å². The molecule has 0 amide bonds. The first-order chi connectivity index (χ1) is 9.93. The highest BCUT2D eigenvalue weighted by atomic mass is 16.4. The average molecular weight is 313 g/mol. The zero-order chi connectivity index (χ0) is 18.3. The van der Waals surface area contributed by atoms with Gasteiger partial charge >= 0.3 is 0 Å². The molecule has 0 radical (unpaired) electrons. The predicted molar refractivity (Wildman–Crippen MR) is 58.1 cm³/mol. The summed E-state index contributed by atoms with van der Waals surface area (Å²) in [5.41, 5.74) is -0.477. The Balaban J connectivity index is -0.000000257. The molecule has 10 heteroatoms. The molecular formula is C12H9O10-5. The second-order valence-corrected chi connectivity index (χ2v) is 2.93. The quantitative estimate of drug-likeness (QED) is 0.424. The predicted octanol–water partition coefficient (Wildman–Crippen LogP) is -6.60. The van der Waals surface area contributed by atoms with Gasteiger partial charge in [-0.3, -0.25) is 0 Å². The molecule has 0 N–H and O–H groups in total. The Morgan fingerprint density at radius 3 is 1.18 bits per heavy atom. The van der Waals surface area contributed by atoms with Gasteiger partial charge in [0.05, 0.1) is 23.9 Å². The normalized spacial score (nSPS) is 8.36. The summed E-state index contributed by atoms with van der Waals surface area (Å²) in [5.74, 6) is -7.35. The first-order valence-electron chi connectivity index (χ1n) is 4.96. The van der Waals surface area contributed by atoms with Crippen molar-refractivity contribution in [2.45, 2.75) is 6.42 Å². The lowest BCUT2D eigenvalue weighted by Gasteiger charge is -2.05. The van der Waals surface area contributed by atoms with E-state index in [0.29, 0.717) is 12.2 Å². The molecule has 0 aromatic carbocycles. The third kappa shape index (κ3) is 30.0. The number of hydrogen-bond acceptors (Lipinski definition) is 10. The van der Waals surface area contributed by atoms with Crippen LogP contribution in [-0.4, -0.2) is 29.8 Å². The largest absolute Gasteiger partial charge is 0.550 e. The molecule has 0 aromatic rings. The molecular weight excluding hydrogens is 304 g/mol. The van der Waals surface area contributed by atoms with Crippen molar-refractivity contribution in [3.05, 3.63) is 37.0 Å². The minimum atomic E-state index is -1.56. The lowest BCUT2D eigenvalue weighted by atomic mass is 10.2. The van der Waals surface area contributed by atoms with Crippen LogP contribution in [0.25, 0.3) is 0 Å². The van der Waals surface area contributed by atoms with E-state index in [1.54, 1.807) is 0 Å². The Bertz CT molecular complexity index is 470. The fraction of sp³-hybridized carbons (Fsp3) is 0.0833. The maximum atomic E-state index is 9.73. The molecule has 0 bridgehead atoms. The molecule has 0 saturated heterocycles. The maximum Gasteiger partial charge on any atom is 0.0672 e. The van der Waals surface area contributed by atoms with Crippen LogP contribution in [0.15, 0.2) is 37.0 Å². The second kappa shape index (κ2) is 14.0. The summed E-state index contributed by atoms with van der Waals surface area (Å²) in [7, 11) is 0. The minimum absolute atomic E-state index is 0.384. The third-order valence-corrected chi connectivity index (χ3v) is 1.17. The maximum absolute atomic E-state index is 9.73. The SMILES string of the molecule is C=C(CC(=O)[O-])C(=O)[O-].C=CC(=O)[O-].O=C([O-])/C=C/C(=O)[O-]. The molecule has 0 unspecified atom stereocenters. The van der Waals surface area contributed by atoms with Crippen molar-refractivity contribution >= 4 is 29.8 Å². The van der Waals surface area contributed by atoms with E-state index in [-0.39, 0.29) is 0 Å². The van der Waals surface area contributed by atoms with Crippen molar-refractivity contribution in [2.75, 3.05) is 0 Å². The third-order valence-electron chi connectivity index (χ3n) is 1.17. The highest BCUT2D eigenvalue weighted by molar-refractivity contribution is 5.89. The Labute approximate surface area is 123 Å². The molecule has 22 heavy (non-hydrogen) atoms. The van der Waals surface area contributed by atoms with Gasteiger partial charge < -0.3 is 49.5 Å². The summed E-state index contributed by atoms with van der Waals surface area (Å²) >= 11 is 0. The topological polar surface area (TPSA) is 201 Å². The molecule has 0 aliphatic carbocycles. The summed E-state index contributed by atoms with van der Waals surface area (Å²) in [6.07, 6.45) is 0.812. The van der Waals surface area contributed by atoms with Crippen molar-refractivity contribution in [3.8, 4) is 0 Å². The van der Waals surface area contributed by atoms with E-state index in [9.17, 15) is 39.6 Å². The molecule has 0 fully saturated rings. The van der Waals surface area contributed by atoms with Crippen molar-refractivity contribution in [2.24, 2.45) is 0 Å². The monoisotopic (exact) mass is 313 g/mol. The number of hydrogen-bond donors (Lipinski definition) is 0. The van der Waals surface area contributed by atoms with Gasteiger partial charge in [-0.1, -0.05) is 13.2 Å². The van der Waals surface area contributed by atoms with Gasteiger partial charge in [0.15, 0.2) is 0 Å². The molecule has 0 aliphatic rings. The fourth-order valence-electron chi connectivity index (χ4n) is 0.382. The van der Waals surface area contributed by atoms with Gasteiger partial charge in [0.25, 0.3) is 0 Å². The highest BCUT2D eigenvalue weighted by Crippen LogP contribution is 1.92. The van der Waals surface area contributed by atoms with Crippen molar-refractivity contribution < 1.29 is 49.5 Å². The Hall–Kier alpha value is -3.43. The Morgan fingerprint density at radius 2 is 1.09 bits per heavy atom. The van der Waals surface area contributed by atoms with Gasteiger partial charge in [0.1, 0.15) is 0 Å². The molecule has 10 nitrogen and oxygen atoms in total. The molecule has 0 rings (SSSR count). The van der Waals surface area contributed by atoms with Crippen LogP contribution in [-0.2, 0) is 24.0 Å². The number of aliphatic carboxylic acids is 5. The van der Waals surface area contributed by atoms with Gasteiger partial charge in [0.2, 0.25) is 0 Å². The summed E-state index contributed by atoms with van der Waals surface area (Å²) in [6, 6.07) is 0. The number of carbonyl (C=O) groups is 5. The number of carboxylic acids is 5. The van der Waals surface area contributed by atoms with Crippen LogP contribution in [0, 0.1) is 0 Å². The van der Waals surface area contributed by atoms with Gasteiger partial charge in [-0.25, -0.2) is 0 Å². The minimum Gasteiger partial charge on any atom is -0.550 e. The summed E-state index contributed by atoms with van der Waals surface area (Å²) < 4.78 is 0. The van der Waals surface area contributed by atoms with Crippen molar-refractivity contribution in [1.82, 2.24) is 0 Å². The molecule has 0 spiro atoms. The fourth-order valence-corrected chi connectivity index (χ4v) is 0.382. The zero-order valence-corrected chi connectivity index (χ0v) is 10.9. The van der Waals surface area contributed by atoms with Gasteiger partial charge in [-0.05, 0) is 23.8 Å². The molecule has 0 heterocycles. The molecule has 0 saturated carbocycles. The van der Waals surface area contributed by atoms with Crippen LogP contribution < -0.4 is 25.5 Å². The van der Waals surface area contributed by atoms with Crippen molar-refractivity contribution in [3.63, 3.8) is 0 Å². The number of rotatable bonds is 6. The first kappa shape index (κ1) is 23.6. The van der Waals surface area contributed by atoms with Crippen LogP contribution in [0.3, 0.4) is 0 Å². The van der Waals surface area contributed by atoms with Gasteiger partial charge in [0, 0.05) is 12.4 Å². The zero-order valence-electron chi connectivity index (χ0n) is 10.9. The van der Waals surface area contributed by atoms with Gasteiger partial charge in [-0.15, -0.1) is 0 Å². The van der Waals surface area contributed by atoms with E-state index in [1.165, 1.54) is 0 Å². The van der Waals surface area contributed by atoms with E-state index in [1.807, 2.05) is 0 Å². The molecule has 122 valence electrons. The smallest absolute Gasteiger partial charge is 0.0672 e. The first-order valence-corrected chi connectivity index (χ1v) is 4.96. The summed E-state index contributed by atoms with van der Waals surface area (Å²) in [5, 5.41) is 47.4. The number of carboxylic acid groups (broad SMARTS) is 5. The van der Waals surface area contributed by atoms with Crippen LogP contribution in [0.2, 0.25) is 0 Å². The van der Waals surface area contributed by atoms with Crippen LogP contribution in [0.5, 0.6) is 0 Å². The molecule has 0 atom stereocenters. The second-order valence-electron chi connectivity index (χ2n) is 2.93. The molecule has 0 aromatic heterocycles. The lowest BCUT2D eigenvalue weighted by molar-refractivity contribution is -0.309. The van der Waals surface area contributed by atoms with Gasteiger partial charge in [-0.2, -0.15) is 0 Å². The van der Waals surface area contributed by atoms with Crippen LogP contribution in [0.4, 0.5) is 0 Å². The molecule has 0 aliphatic heterocycles. The summed E-state index contributed by atoms with van der Waals surface area (Å²) in [6.45, 7) is 5.81. The Kier molecular flexibility index (Phi) is 15.0. The summed E-state index contributed by atoms with van der Waals surface area (Å²) in [4.78, 5) is 47.4.